The van der Waals surface area contributed by atoms with Gasteiger partial charge in [-0.1, -0.05) is 62.1 Å². The number of nitrogens with one attached hydrogen (secondary N) is 1. The van der Waals surface area contributed by atoms with Crippen molar-refractivity contribution in [2.45, 2.75) is 70.6 Å². The lowest BCUT2D eigenvalue weighted by molar-refractivity contribution is -0.137. The highest BCUT2D eigenvalue weighted by molar-refractivity contribution is 5.67. The molecule has 1 aromatic carbocycles. The molecule has 4 nitrogen and oxygen atoms in total. The largest absolute Gasteiger partial charge is 0.508 e. The highest BCUT2D eigenvalue weighted by Crippen LogP contribution is 2.25. The zero-order valence-electron chi connectivity index (χ0n) is 19.1. The molecule has 3 N–H and O–H groups in total. The molecule has 0 saturated heterocycles. The molecular weight excluding hydrogens is 386 g/mol. The molecule has 0 heterocycles. The van der Waals surface area contributed by atoms with Crippen LogP contribution in [0.2, 0.25) is 0 Å². The summed E-state index contributed by atoms with van der Waals surface area (Å²) in [6, 6.07) is 7.54. The van der Waals surface area contributed by atoms with E-state index in [2.05, 4.69) is 29.6 Å². The van der Waals surface area contributed by atoms with Crippen LogP contribution < -0.4 is 5.32 Å². The molecule has 0 amide bonds. The number of phenolic OH excluding ortho intramolecular Hbond substituents is 1. The summed E-state index contributed by atoms with van der Waals surface area (Å²) in [6.45, 7) is 0.682. The van der Waals surface area contributed by atoms with E-state index < -0.39 is 5.97 Å². The fraction of sp³-hybridized carbons (Fsp3) is 0.593. The molecular formula is C27H41NO3. The van der Waals surface area contributed by atoms with E-state index in [1.807, 2.05) is 19.2 Å². The van der Waals surface area contributed by atoms with Gasteiger partial charge in [0.25, 0.3) is 0 Å². The summed E-state index contributed by atoms with van der Waals surface area (Å²) in [5.41, 5.74) is 1.25. The Morgan fingerprint density at radius 2 is 1.97 bits per heavy atom. The van der Waals surface area contributed by atoms with Gasteiger partial charge in [-0.3, -0.25) is 4.79 Å². The fourth-order valence-corrected chi connectivity index (χ4v) is 4.56. The van der Waals surface area contributed by atoms with Crippen molar-refractivity contribution in [2.24, 2.45) is 17.8 Å². The Bertz CT molecular complexity index is 680. The number of carboxylic acid groups (broad SMARTS) is 1. The molecule has 3 atom stereocenters. The molecule has 0 unspecified atom stereocenters. The maximum atomic E-state index is 11.1. The van der Waals surface area contributed by atoms with Gasteiger partial charge in [-0.05, 0) is 81.0 Å². The first-order valence-electron chi connectivity index (χ1n) is 12.0. The Morgan fingerprint density at radius 3 is 2.65 bits per heavy atom. The smallest absolute Gasteiger partial charge is 0.303 e. The van der Waals surface area contributed by atoms with Gasteiger partial charge in [-0.15, -0.1) is 0 Å². The van der Waals surface area contributed by atoms with Crippen molar-refractivity contribution in [3.05, 3.63) is 54.1 Å². The topological polar surface area (TPSA) is 69.6 Å². The van der Waals surface area contributed by atoms with Crippen LogP contribution in [0.5, 0.6) is 5.75 Å². The third-order valence-corrected chi connectivity index (χ3v) is 6.29. The normalized spacial score (nSPS) is 17.9. The fourth-order valence-electron chi connectivity index (χ4n) is 4.56. The maximum Gasteiger partial charge on any atom is 0.303 e. The Hall–Kier alpha value is -2.07. The zero-order chi connectivity index (χ0) is 22.3. The van der Waals surface area contributed by atoms with E-state index >= 15 is 0 Å². The Balaban J connectivity index is 1.80. The number of unbranched alkanes of at least 4 members (excludes halogenated alkanes) is 3. The van der Waals surface area contributed by atoms with Gasteiger partial charge >= 0.3 is 5.97 Å². The second-order valence-electron chi connectivity index (χ2n) is 9.07. The summed E-state index contributed by atoms with van der Waals surface area (Å²) in [5.74, 6) is 0.948. The average molecular weight is 428 g/mol. The molecule has 0 aliphatic heterocycles. The molecule has 1 aliphatic rings. The summed E-state index contributed by atoms with van der Waals surface area (Å²) in [4.78, 5) is 11.1. The van der Waals surface area contributed by atoms with Gasteiger partial charge in [0.1, 0.15) is 5.75 Å². The van der Waals surface area contributed by atoms with E-state index in [4.69, 9.17) is 5.11 Å². The van der Waals surface area contributed by atoms with E-state index in [1.165, 1.54) is 56.9 Å². The number of carboxylic acids is 1. The Labute approximate surface area is 188 Å². The predicted octanol–water partition coefficient (Wildman–Crippen LogP) is 6.11. The molecule has 0 fully saturated rings. The van der Waals surface area contributed by atoms with Crippen LogP contribution in [0, 0.1) is 17.8 Å². The molecule has 31 heavy (non-hydrogen) atoms. The first kappa shape index (κ1) is 25.2. The van der Waals surface area contributed by atoms with Crippen LogP contribution >= 0.6 is 0 Å². The number of phenols is 1. The predicted molar refractivity (Wildman–Crippen MR) is 128 cm³/mol. The van der Waals surface area contributed by atoms with Crippen molar-refractivity contribution in [3.8, 4) is 5.75 Å². The van der Waals surface area contributed by atoms with E-state index in [9.17, 15) is 9.90 Å². The van der Waals surface area contributed by atoms with Gasteiger partial charge in [0.15, 0.2) is 0 Å². The van der Waals surface area contributed by atoms with Gasteiger partial charge in [-0.25, -0.2) is 0 Å². The molecule has 0 aromatic heterocycles. The number of carbonyl (C=O) groups is 1. The number of aliphatic carboxylic acids is 1. The number of hydrogen-bond acceptors (Lipinski definition) is 3. The molecule has 0 bridgehead atoms. The highest BCUT2D eigenvalue weighted by atomic mass is 16.4. The second-order valence-corrected chi connectivity index (χ2v) is 9.07. The minimum absolute atomic E-state index is 0.0291. The Morgan fingerprint density at radius 1 is 1.19 bits per heavy atom. The van der Waals surface area contributed by atoms with Crippen molar-refractivity contribution >= 4 is 5.97 Å². The van der Waals surface area contributed by atoms with Crippen LogP contribution in [-0.2, 0) is 11.2 Å². The lowest BCUT2D eigenvalue weighted by Crippen LogP contribution is -2.19. The molecule has 2 rings (SSSR count). The first-order chi connectivity index (χ1) is 15.1. The minimum Gasteiger partial charge on any atom is -0.508 e. The third kappa shape index (κ3) is 11.2. The summed E-state index contributed by atoms with van der Waals surface area (Å²) in [5, 5.41) is 21.7. The van der Waals surface area contributed by atoms with Crippen molar-refractivity contribution in [3.63, 3.8) is 0 Å². The summed E-state index contributed by atoms with van der Waals surface area (Å²) >= 11 is 0. The van der Waals surface area contributed by atoms with Crippen molar-refractivity contribution in [1.82, 2.24) is 5.32 Å². The number of benzene rings is 1. The summed E-state index contributed by atoms with van der Waals surface area (Å²) < 4.78 is 0. The standard InChI is InChI=1S/C27H41NO3/c1-28-21-25(20-27(30)31)14-8-13-23(19-24-15-17-26(29)18-16-24)12-5-3-2-4-9-22-10-6-7-11-22/h6,8,10,14-18,22-23,25,28-29H,2-5,7,9,11-13,19-21H2,1H3,(H,30,31)/t22-,23-,25+/m0/s1. The van der Waals surface area contributed by atoms with Gasteiger partial charge in [0.2, 0.25) is 0 Å². The number of aromatic hydroxyl groups is 1. The SMILES string of the molecule is CNC[C@H](C=CC[C@H](CCCCCC[C@H]1C=CCC1)Cc1ccc(O)cc1)CC(=O)O. The first-order valence-corrected chi connectivity index (χ1v) is 12.0. The van der Waals surface area contributed by atoms with Crippen molar-refractivity contribution in [2.75, 3.05) is 13.6 Å². The molecule has 4 heteroatoms. The summed E-state index contributed by atoms with van der Waals surface area (Å²) in [6.07, 6.45) is 21.4. The van der Waals surface area contributed by atoms with Crippen molar-refractivity contribution < 1.29 is 15.0 Å². The summed E-state index contributed by atoms with van der Waals surface area (Å²) in [7, 11) is 1.86. The monoisotopic (exact) mass is 427 g/mol. The second kappa shape index (κ2) is 14.9. The lowest BCUT2D eigenvalue weighted by atomic mass is 9.89. The van der Waals surface area contributed by atoms with Gasteiger partial charge in [0.05, 0.1) is 6.42 Å². The van der Waals surface area contributed by atoms with Crippen LogP contribution in [0.15, 0.2) is 48.6 Å². The molecule has 172 valence electrons. The van der Waals surface area contributed by atoms with Crippen LogP contribution in [0.1, 0.15) is 69.8 Å². The number of rotatable bonds is 16. The molecule has 1 aliphatic carbocycles. The zero-order valence-corrected chi connectivity index (χ0v) is 19.1. The molecule has 0 radical (unpaired) electrons. The third-order valence-electron chi connectivity index (χ3n) is 6.29. The van der Waals surface area contributed by atoms with E-state index in [1.54, 1.807) is 12.1 Å². The van der Waals surface area contributed by atoms with Gasteiger partial charge < -0.3 is 15.5 Å². The van der Waals surface area contributed by atoms with Gasteiger partial charge in [0, 0.05) is 6.54 Å². The van der Waals surface area contributed by atoms with Crippen molar-refractivity contribution in [1.29, 1.82) is 0 Å². The molecule has 0 spiro atoms. The number of hydrogen-bond donors (Lipinski definition) is 3. The maximum absolute atomic E-state index is 11.1. The van der Waals surface area contributed by atoms with Crippen LogP contribution in [0.25, 0.3) is 0 Å². The van der Waals surface area contributed by atoms with Gasteiger partial charge in [-0.2, -0.15) is 0 Å². The molecule has 0 saturated carbocycles. The average Bonchev–Trinajstić information content (AvgIpc) is 3.25. The van der Waals surface area contributed by atoms with E-state index in [0.717, 1.165) is 18.8 Å². The Kier molecular flexibility index (Phi) is 12.1. The number of allylic oxidation sites excluding steroid dienone is 3. The van der Waals surface area contributed by atoms with Crippen LogP contribution in [0.4, 0.5) is 0 Å². The van der Waals surface area contributed by atoms with E-state index in [-0.39, 0.29) is 12.3 Å². The lowest BCUT2D eigenvalue weighted by Gasteiger charge is -2.16. The molecule has 1 aromatic rings. The van der Waals surface area contributed by atoms with Crippen LogP contribution in [-0.4, -0.2) is 29.8 Å². The van der Waals surface area contributed by atoms with E-state index in [0.29, 0.717) is 18.2 Å². The van der Waals surface area contributed by atoms with Crippen LogP contribution in [0.3, 0.4) is 0 Å². The quantitative estimate of drug-likeness (QED) is 0.220. The minimum atomic E-state index is -0.751. The highest BCUT2D eigenvalue weighted by Gasteiger charge is 2.12.